The van der Waals surface area contributed by atoms with E-state index in [9.17, 15) is 67.5 Å². The molecule has 0 spiro atoms. The number of nitrogens with one attached hydrogen (secondary N) is 1. The zero-order chi connectivity index (χ0) is 57.8. The van der Waals surface area contributed by atoms with Gasteiger partial charge in [0.2, 0.25) is 0 Å². The van der Waals surface area contributed by atoms with Gasteiger partial charge in [0.1, 0.15) is 35.7 Å². The molecule has 414 valence electrons. The maximum absolute atomic E-state index is 14.2. The molecule has 4 aromatic heterocycles. The van der Waals surface area contributed by atoms with Crippen molar-refractivity contribution in [1.82, 2.24) is 34.7 Å². The van der Waals surface area contributed by atoms with Gasteiger partial charge in [-0.25, -0.2) is 8.78 Å². The van der Waals surface area contributed by atoms with E-state index in [4.69, 9.17) is 10.8 Å². The Labute approximate surface area is 448 Å². The number of esters is 1. The molecule has 5 aromatic carbocycles. The number of H-pyrrole nitrogens is 1. The predicted octanol–water partition coefficient (Wildman–Crippen LogP) is 12.1. The highest BCUT2D eigenvalue weighted by Gasteiger charge is 2.38. The third-order valence-corrected chi connectivity index (χ3v) is 11.7. The Balaban J connectivity index is 0.000000219. The van der Waals surface area contributed by atoms with Gasteiger partial charge in [-0.15, -0.1) is 0 Å². The second-order valence-corrected chi connectivity index (χ2v) is 17.3. The van der Waals surface area contributed by atoms with Crippen molar-refractivity contribution in [2.45, 2.75) is 57.3 Å². The fourth-order valence-electron chi connectivity index (χ4n) is 8.01. The number of ether oxygens (including phenoxy) is 1. The lowest BCUT2D eigenvalue weighted by Gasteiger charge is -2.20. The lowest BCUT2D eigenvalue weighted by atomic mass is 9.86. The minimum absolute atomic E-state index is 0.0961. The van der Waals surface area contributed by atoms with Crippen LogP contribution in [-0.4, -0.2) is 75.4 Å². The van der Waals surface area contributed by atoms with Crippen LogP contribution in [0.4, 0.5) is 48.3 Å². The molecule has 0 radical (unpaired) electrons. The van der Waals surface area contributed by atoms with E-state index in [0.717, 1.165) is 15.4 Å². The van der Waals surface area contributed by atoms with Gasteiger partial charge in [0.25, 0.3) is 5.91 Å². The van der Waals surface area contributed by atoms with Crippen LogP contribution in [0.15, 0.2) is 134 Å². The van der Waals surface area contributed by atoms with E-state index in [0.29, 0.717) is 39.8 Å². The molecule has 1 amide bonds. The molecule has 0 aliphatic rings. The minimum atomic E-state index is -4.71. The highest BCUT2D eigenvalue weighted by molar-refractivity contribution is 9.09. The molecular weight excluding hydrogens is 1130 g/mol. The Kier molecular flexibility index (Phi) is 19.4. The number of aromatic nitrogens is 7. The Bertz CT molecular complexity index is 3610. The smallest absolute Gasteiger partial charge is 0.435 e. The summed E-state index contributed by atoms with van der Waals surface area (Å²) >= 11 is 2.94. The number of nitrogens with zero attached hydrogens (tertiary/aromatic N) is 6. The van der Waals surface area contributed by atoms with Gasteiger partial charge in [0.15, 0.2) is 17.2 Å². The third kappa shape index (κ3) is 15.6. The average molecular weight is 1180 g/mol. The summed E-state index contributed by atoms with van der Waals surface area (Å²) in [6, 6.07) is 30.5. The SMILES string of the molecule is CCOC(=O)CBr.FC(F)(F)c1[nH]nc2ccccc12.NC(=O)c1cc(-c2cccnc2[C@@H](CC(=O)Cn2nc(C(F)(F)F)c3ccccc32)Cc2cccc(F)c2)ccc1F.O=C(O)Cn1nc(C(F)(F)F)c2ccccc21. The molecule has 4 heterocycles. The van der Waals surface area contributed by atoms with Crippen molar-refractivity contribution in [3.05, 3.63) is 179 Å². The first-order valence-electron chi connectivity index (χ1n) is 23.1. The van der Waals surface area contributed by atoms with Gasteiger partial charge in [-0.1, -0.05) is 94.8 Å². The highest BCUT2D eigenvalue weighted by atomic mass is 79.9. The average Bonchev–Trinajstić information content (AvgIpc) is 4.15. The molecule has 0 saturated heterocycles. The predicted molar refractivity (Wildman–Crippen MR) is 269 cm³/mol. The van der Waals surface area contributed by atoms with Crippen LogP contribution in [0.5, 0.6) is 0 Å². The number of carbonyl (C=O) groups excluding carboxylic acids is 3. The summed E-state index contributed by atoms with van der Waals surface area (Å²) in [6.07, 6.45) is -12.2. The number of aliphatic carboxylic acids is 1. The van der Waals surface area contributed by atoms with Gasteiger partial charge in [0, 0.05) is 40.3 Å². The van der Waals surface area contributed by atoms with Crippen LogP contribution in [0.1, 0.15) is 58.0 Å². The number of para-hydroxylation sites is 3. The first-order valence-corrected chi connectivity index (χ1v) is 24.2. The van der Waals surface area contributed by atoms with Crippen LogP contribution >= 0.6 is 15.9 Å². The van der Waals surface area contributed by atoms with Crippen LogP contribution in [0.25, 0.3) is 43.8 Å². The van der Waals surface area contributed by atoms with Crippen molar-refractivity contribution in [2.24, 2.45) is 5.73 Å². The van der Waals surface area contributed by atoms with E-state index in [1.807, 2.05) is 5.10 Å². The number of fused-ring (bicyclic) bond motifs is 3. The third-order valence-electron chi connectivity index (χ3n) is 11.2. The van der Waals surface area contributed by atoms with Gasteiger partial charge in [0.05, 0.1) is 34.4 Å². The second kappa shape index (κ2) is 25.7. The normalized spacial score (nSPS) is 11.9. The van der Waals surface area contributed by atoms with E-state index >= 15 is 0 Å². The van der Waals surface area contributed by atoms with E-state index in [2.05, 4.69) is 40.9 Å². The van der Waals surface area contributed by atoms with Crippen LogP contribution in [0.3, 0.4) is 0 Å². The van der Waals surface area contributed by atoms with Crippen LogP contribution in [0, 0.1) is 11.6 Å². The molecule has 0 fully saturated rings. The zero-order valence-corrected chi connectivity index (χ0v) is 42.4. The molecule has 4 N–H and O–H groups in total. The number of rotatable bonds is 13. The largest absolute Gasteiger partial charge is 0.480 e. The maximum Gasteiger partial charge on any atom is 0.435 e. The molecule has 79 heavy (non-hydrogen) atoms. The molecule has 9 rings (SSSR count). The van der Waals surface area contributed by atoms with E-state index in [1.54, 1.807) is 43.3 Å². The summed E-state index contributed by atoms with van der Waals surface area (Å²) in [5.41, 5.74) is 4.57. The number of carboxylic acids is 1. The molecule has 0 saturated carbocycles. The number of hydrogen-bond acceptors (Lipinski definition) is 9. The maximum atomic E-state index is 14.2. The van der Waals surface area contributed by atoms with Crippen molar-refractivity contribution in [3.63, 3.8) is 0 Å². The summed E-state index contributed by atoms with van der Waals surface area (Å²) in [5.74, 6) is -4.79. The van der Waals surface area contributed by atoms with Gasteiger partial charge in [-0.2, -0.15) is 54.8 Å². The molecule has 14 nitrogen and oxygen atoms in total. The number of pyridine rings is 1. The van der Waals surface area contributed by atoms with E-state index in [1.165, 1.54) is 91.1 Å². The Morgan fingerprint density at radius 2 is 1.29 bits per heavy atom. The molecule has 0 bridgehead atoms. The molecule has 0 aliphatic carbocycles. The molecule has 0 unspecified atom stereocenters. The van der Waals surface area contributed by atoms with Crippen molar-refractivity contribution in [2.75, 3.05) is 11.9 Å². The number of amides is 1. The number of aromatic amines is 1. The minimum Gasteiger partial charge on any atom is -0.480 e. The first kappa shape index (κ1) is 59.7. The summed E-state index contributed by atoms with van der Waals surface area (Å²) < 4.78 is 150. The van der Waals surface area contributed by atoms with Gasteiger partial charge >= 0.3 is 30.5 Å². The van der Waals surface area contributed by atoms with Crippen molar-refractivity contribution in [1.29, 1.82) is 0 Å². The van der Waals surface area contributed by atoms with Crippen molar-refractivity contribution >= 4 is 72.3 Å². The molecule has 1 atom stereocenters. The molecule has 0 aliphatic heterocycles. The van der Waals surface area contributed by atoms with Gasteiger partial charge in [-0.05, 0) is 73.0 Å². The van der Waals surface area contributed by atoms with Crippen LogP contribution in [0.2, 0.25) is 0 Å². The Hall–Kier alpha value is -8.55. The summed E-state index contributed by atoms with van der Waals surface area (Å²) in [7, 11) is 0. The Morgan fingerprint density at radius 1 is 0.709 bits per heavy atom. The zero-order valence-electron chi connectivity index (χ0n) is 40.8. The number of Topliss-reactive ketones (excluding diaryl/α,β-unsaturated/α-hetero) is 1. The number of carboxylic acid groups (broad SMARTS) is 1. The van der Waals surface area contributed by atoms with E-state index in [-0.39, 0.29) is 51.6 Å². The molecule has 26 heteroatoms. The highest BCUT2D eigenvalue weighted by Crippen LogP contribution is 2.37. The molecular formula is C53H42BrF11N8O6. The number of primary amides is 1. The fraction of sp³-hybridized carbons (Fsp3) is 0.208. The monoisotopic (exact) mass is 1170 g/mol. The van der Waals surface area contributed by atoms with Crippen molar-refractivity contribution < 1.29 is 77.3 Å². The van der Waals surface area contributed by atoms with Gasteiger partial charge in [-0.3, -0.25) is 38.6 Å². The number of benzene rings is 5. The van der Waals surface area contributed by atoms with Gasteiger partial charge < -0.3 is 15.6 Å². The second-order valence-electron chi connectivity index (χ2n) is 16.8. The summed E-state index contributed by atoms with van der Waals surface area (Å²) in [6.45, 7) is 1.20. The summed E-state index contributed by atoms with van der Waals surface area (Å²) in [5, 5.41) is 21.3. The number of carbonyl (C=O) groups is 4. The van der Waals surface area contributed by atoms with Crippen molar-refractivity contribution in [3.8, 4) is 11.1 Å². The topological polar surface area (TPSA) is 201 Å². The first-order chi connectivity index (χ1) is 37.3. The lowest BCUT2D eigenvalue weighted by molar-refractivity contribution is -0.142. The number of alkyl halides is 10. The van der Waals surface area contributed by atoms with E-state index < -0.39 is 83.9 Å². The fourth-order valence-corrected chi connectivity index (χ4v) is 8.17. The molecule has 9 aromatic rings. The number of halogens is 12. The Morgan fingerprint density at radius 3 is 1.82 bits per heavy atom. The summed E-state index contributed by atoms with van der Waals surface area (Å²) in [4.78, 5) is 50.4. The quantitative estimate of drug-likeness (QED) is 0.0566. The van der Waals surface area contributed by atoms with Crippen LogP contribution in [-0.2, 0) is 57.2 Å². The van der Waals surface area contributed by atoms with Crippen LogP contribution < -0.4 is 5.73 Å². The standard InChI is InChI=1S/C31H23F5N4O2.C10H7F3N2O2.C8H5F3N2.C4H7BrO2/c32-21-6-3-5-18(14-21)13-20(28-23(8-4-12-38-28)19-10-11-26(33)25(16-19)30(37)42)15-22(41)17-40-27-9-2-1-7-24(27)29(39-40)31(34,35)36;11-10(12,13)9-6-3-1-2-4-7(6)15(14-9)5-8(16)17;9-8(10,11)7-5-3-1-2-4-6(5)12-13-7;1-2-7-4(6)3-5/h1-12,14,16,20H,13,15,17H2,(H2,37,42);1-4H,5H2,(H,16,17);1-4H,(H,12,13);2-3H2,1H3/t20-;;;/m1.../s1. The number of nitrogens with two attached hydrogens (primary N) is 1. The number of ketones is 1. The lowest BCUT2D eigenvalue weighted by Crippen LogP contribution is -2.18. The number of hydrogen-bond donors (Lipinski definition) is 3.